The average Bonchev–Trinajstić information content (AvgIpc) is 3.34. The van der Waals surface area contributed by atoms with Crippen molar-refractivity contribution in [3.05, 3.63) is 24.1 Å². The Labute approximate surface area is 169 Å². The second kappa shape index (κ2) is 8.27. The van der Waals surface area contributed by atoms with Gasteiger partial charge in [-0.1, -0.05) is 0 Å². The van der Waals surface area contributed by atoms with E-state index in [1.165, 1.54) is 18.3 Å². The van der Waals surface area contributed by atoms with Gasteiger partial charge in [0.2, 0.25) is 10.0 Å². The van der Waals surface area contributed by atoms with Crippen LogP contribution in [-0.2, 0) is 19.6 Å². The van der Waals surface area contributed by atoms with Crippen LogP contribution in [0.1, 0.15) is 25.7 Å². The number of carbonyl (C=O) groups is 1. The van der Waals surface area contributed by atoms with E-state index in [2.05, 4.69) is 4.98 Å². The Morgan fingerprint density at radius 2 is 2.03 bits per heavy atom. The number of pyridine rings is 1. The van der Waals surface area contributed by atoms with Crippen LogP contribution in [-0.4, -0.2) is 71.6 Å². The van der Waals surface area contributed by atoms with Gasteiger partial charge in [-0.25, -0.2) is 22.6 Å². The number of aromatic nitrogens is 1. The number of carboxylic acid groups (broad SMARTS) is 1. The van der Waals surface area contributed by atoms with Gasteiger partial charge in [0.15, 0.2) is 5.82 Å². The van der Waals surface area contributed by atoms with Crippen molar-refractivity contribution in [3.63, 3.8) is 0 Å². The second-order valence-electron chi connectivity index (χ2n) is 7.36. The zero-order valence-electron chi connectivity index (χ0n) is 15.6. The summed E-state index contributed by atoms with van der Waals surface area (Å²) in [4.78, 5) is 12.8. The quantitative estimate of drug-likeness (QED) is 0.691. The molecule has 0 bridgehead atoms. The lowest BCUT2D eigenvalue weighted by atomic mass is 9.98. The van der Waals surface area contributed by atoms with Crippen LogP contribution in [0.4, 0.5) is 17.6 Å². The molecule has 3 fully saturated rings. The number of halogens is 4. The molecular formula is C17H20F4N2O6S. The van der Waals surface area contributed by atoms with Crippen molar-refractivity contribution < 1.29 is 45.4 Å². The molecule has 0 unspecified atom stereocenters. The number of hydrogen-bond donors (Lipinski definition) is 1. The molecule has 1 aromatic heterocycles. The number of nitrogens with zero attached hydrogens (tertiary/aromatic N) is 2. The van der Waals surface area contributed by atoms with E-state index in [0.29, 0.717) is 32.5 Å². The number of sulfonamides is 1. The van der Waals surface area contributed by atoms with Gasteiger partial charge in [0.25, 0.3) is 5.88 Å². The number of carboxylic acids is 1. The number of aliphatic carboxylic acids is 1. The van der Waals surface area contributed by atoms with Gasteiger partial charge in [0.1, 0.15) is 6.10 Å². The molecule has 1 N–H and O–H groups in total. The van der Waals surface area contributed by atoms with Crippen LogP contribution in [0.15, 0.2) is 18.3 Å². The van der Waals surface area contributed by atoms with E-state index in [4.69, 9.17) is 19.4 Å². The summed E-state index contributed by atoms with van der Waals surface area (Å²) in [7, 11) is -3.17. The monoisotopic (exact) mass is 456 g/mol. The summed E-state index contributed by atoms with van der Waals surface area (Å²) >= 11 is 0. The summed E-state index contributed by atoms with van der Waals surface area (Å²) in [6.07, 6.45) is -1.18. The maximum atomic E-state index is 13.6. The highest BCUT2D eigenvalue weighted by Gasteiger charge is 2.52. The first-order valence-electron chi connectivity index (χ1n) is 9.13. The van der Waals surface area contributed by atoms with Crippen molar-refractivity contribution in [3.8, 4) is 5.88 Å². The van der Waals surface area contributed by atoms with Gasteiger partial charge in [-0.15, -0.1) is 0 Å². The van der Waals surface area contributed by atoms with Crippen LogP contribution >= 0.6 is 0 Å². The zero-order chi connectivity index (χ0) is 22.2. The minimum absolute atomic E-state index is 0.0291. The Balaban J connectivity index is 0.000000318. The van der Waals surface area contributed by atoms with Crippen LogP contribution in [0, 0.1) is 5.82 Å². The lowest BCUT2D eigenvalue weighted by Crippen LogP contribution is -2.37. The molecule has 3 aliphatic rings. The van der Waals surface area contributed by atoms with Crippen molar-refractivity contribution in [1.82, 2.24) is 9.29 Å². The Bertz CT molecular complexity index is 892. The first kappa shape index (κ1) is 22.7. The van der Waals surface area contributed by atoms with Gasteiger partial charge < -0.3 is 14.6 Å². The van der Waals surface area contributed by atoms with Crippen molar-refractivity contribution >= 4 is 16.0 Å². The minimum atomic E-state index is -5.08. The van der Waals surface area contributed by atoms with E-state index < -0.39 is 33.6 Å². The van der Waals surface area contributed by atoms with Gasteiger partial charge in [-0.3, -0.25) is 0 Å². The standard InChI is InChI=1S/C15H19FN2O4S.C2HF3O2/c16-13-2-1-6-17-14(13)22-11-8-15(21-9-11)5-7-18(10-15)23(19,20)12-3-4-12;3-2(4,5)1(6)7/h1-2,6,11-12H,3-5,7-10H2;(H,6,7)/t11-,15+;/m1./s1. The van der Waals surface area contributed by atoms with Crippen molar-refractivity contribution in [2.45, 2.75) is 48.8 Å². The van der Waals surface area contributed by atoms with E-state index in [1.54, 1.807) is 4.31 Å². The van der Waals surface area contributed by atoms with Gasteiger partial charge in [0, 0.05) is 25.7 Å². The third kappa shape index (κ3) is 5.19. The highest BCUT2D eigenvalue weighted by molar-refractivity contribution is 7.90. The normalized spacial score (nSPS) is 27.0. The molecule has 2 atom stereocenters. The molecule has 0 aromatic carbocycles. The van der Waals surface area contributed by atoms with Crippen molar-refractivity contribution in [2.24, 2.45) is 0 Å². The fraction of sp³-hybridized carbons (Fsp3) is 0.647. The molecule has 2 saturated heterocycles. The largest absolute Gasteiger partial charge is 0.490 e. The third-order valence-electron chi connectivity index (χ3n) is 5.01. The first-order chi connectivity index (χ1) is 13.9. The molecule has 3 heterocycles. The number of hydrogen-bond acceptors (Lipinski definition) is 6. The summed E-state index contributed by atoms with van der Waals surface area (Å²) in [5.74, 6) is -3.29. The summed E-state index contributed by atoms with van der Waals surface area (Å²) in [5.41, 5.74) is -0.502. The van der Waals surface area contributed by atoms with E-state index in [0.717, 1.165) is 12.8 Å². The average molecular weight is 456 g/mol. The van der Waals surface area contributed by atoms with Gasteiger partial charge in [-0.2, -0.15) is 17.5 Å². The van der Waals surface area contributed by atoms with Crippen molar-refractivity contribution in [1.29, 1.82) is 0 Å². The van der Waals surface area contributed by atoms with E-state index in [1.807, 2.05) is 0 Å². The van der Waals surface area contributed by atoms with Crippen molar-refractivity contribution in [2.75, 3.05) is 19.7 Å². The molecule has 1 saturated carbocycles. The predicted octanol–water partition coefficient (Wildman–Crippen LogP) is 1.96. The van der Waals surface area contributed by atoms with Crippen LogP contribution in [0.3, 0.4) is 0 Å². The van der Waals surface area contributed by atoms with Crippen LogP contribution in [0.25, 0.3) is 0 Å². The smallest absolute Gasteiger partial charge is 0.475 e. The minimum Gasteiger partial charge on any atom is -0.475 e. The summed E-state index contributed by atoms with van der Waals surface area (Å²) in [6, 6.07) is 2.81. The molecule has 13 heteroatoms. The predicted molar refractivity (Wildman–Crippen MR) is 93.7 cm³/mol. The van der Waals surface area contributed by atoms with E-state index >= 15 is 0 Å². The molecule has 0 radical (unpaired) electrons. The highest BCUT2D eigenvalue weighted by Crippen LogP contribution is 2.40. The summed E-state index contributed by atoms with van der Waals surface area (Å²) in [5, 5.41) is 6.92. The molecule has 30 heavy (non-hydrogen) atoms. The number of ether oxygens (including phenoxy) is 2. The Morgan fingerprint density at radius 1 is 1.37 bits per heavy atom. The Kier molecular flexibility index (Phi) is 6.25. The molecule has 1 spiro atoms. The fourth-order valence-corrected chi connectivity index (χ4v) is 5.29. The van der Waals surface area contributed by atoms with Crippen LogP contribution < -0.4 is 4.74 Å². The van der Waals surface area contributed by atoms with Gasteiger partial charge >= 0.3 is 12.1 Å². The first-order valence-corrected chi connectivity index (χ1v) is 10.6. The van der Waals surface area contributed by atoms with E-state index in [9.17, 15) is 26.0 Å². The topological polar surface area (TPSA) is 106 Å². The lowest BCUT2D eigenvalue weighted by molar-refractivity contribution is -0.192. The highest BCUT2D eigenvalue weighted by atomic mass is 32.2. The van der Waals surface area contributed by atoms with Gasteiger partial charge in [0.05, 0.1) is 17.5 Å². The molecule has 8 nitrogen and oxygen atoms in total. The Hall–Kier alpha value is -1.99. The SMILES string of the molecule is O=C(O)C(F)(F)F.O=S(=O)(C1CC1)N1CC[C@]2(C[C@@H](Oc3ncccc3F)CO2)C1. The molecule has 4 rings (SSSR count). The zero-order valence-corrected chi connectivity index (χ0v) is 16.5. The van der Waals surface area contributed by atoms with E-state index in [-0.39, 0.29) is 17.2 Å². The van der Waals surface area contributed by atoms with Gasteiger partial charge in [-0.05, 0) is 31.4 Å². The number of rotatable bonds is 4. The second-order valence-corrected chi connectivity index (χ2v) is 9.57. The maximum Gasteiger partial charge on any atom is 0.490 e. The molecule has 1 aromatic rings. The molecule has 168 valence electrons. The molecule has 1 aliphatic carbocycles. The molecule has 2 aliphatic heterocycles. The fourth-order valence-electron chi connectivity index (χ4n) is 3.38. The van der Waals surface area contributed by atoms with Crippen LogP contribution in [0.5, 0.6) is 5.88 Å². The molecule has 0 amide bonds. The Morgan fingerprint density at radius 3 is 2.60 bits per heavy atom. The maximum absolute atomic E-state index is 13.6. The van der Waals surface area contributed by atoms with Crippen LogP contribution in [0.2, 0.25) is 0 Å². The number of alkyl halides is 3. The summed E-state index contributed by atoms with van der Waals surface area (Å²) in [6.45, 7) is 1.19. The summed E-state index contributed by atoms with van der Waals surface area (Å²) < 4.78 is 83.0. The third-order valence-corrected chi connectivity index (χ3v) is 7.35. The lowest BCUT2D eigenvalue weighted by Gasteiger charge is -2.23. The molecular weight excluding hydrogens is 436 g/mol.